The van der Waals surface area contributed by atoms with Gasteiger partial charge >= 0.3 is 0 Å². The quantitative estimate of drug-likeness (QED) is 0.861. The molecule has 1 aromatic rings. The molecule has 0 spiro atoms. The first-order chi connectivity index (χ1) is 8.98. The molecule has 0 radical (unpaired) electrons. The first-order valence-corrected chi connectivity index (χ1v) is 7.70. The molecule has 2 rings (SSSR count). The summed E-state index contributed by atoms with van der Waals surface area (Å²) in [5.41, 5.74) is 5.93. The van der Waals surface area contributed by atoms with E-state index in [0.29, 0.717) is 0 Å². The maximum atomic E-state index is 9.78. The van der Waals surface area contributed by atoms with Gasteiger partial charge in [0.1, 0.15) is 0 Å². The number of rotatable bonds is 4. The minimum Gasteiger partial charge on any atom is -0.395 e. The Kier molecular flexibility index (Phi) is 4.35. The van der Waals surface area contributed by atoms with Crippen LogP contribution in [0.4, 0.5) is 0 Å². The maximum Gasteiger partial charge on any atom is 0.0525 e. The lowest BCUT2D eigenvalue weighted by Crippen LogP contribution is -2.32. The highest BCUT2D eigenvalue weighted by Crippen LogP contribution is 2.39. The van der Waals surface area contributed by atoms with Crippen LogP contribution < -0.4 is 0 Å². The van der Waals surface area contributed by atoms with Crippen molar-refractivity contribution in [3.8, 4) is 0 Å². The summed E-state index contributed by atoms with van der Waals surface area (Å²) in [6, 6.07) is 4.52. The van der Waals surface area contributed by atoms with Gasteiger partial charge in [0.05, 0.1) is 6.61 Å². The van der Waals surface area contributed by atoms with Crippen molar-refractivity contribution in [2.24, 2.45) is 5.92 Å². The molecule has 1 aliphatic carbocycles. The number of aliphatic hydroxyl groups excluding tert-OH is 1. The Hall–Kier alpha value is -0.820. The van der Waals surface area contributed by atoms with Crippen LogP contribution in [-0.2, 0) is 18.3 Å². The van der Waals surface area contributed by atoms with Gasteiger partial charge in [0.25, 0.3) is 0 Å². The minimum atomic E-state index is -0.0200. The van der Waals surface area contributed by atoms with E-state index in [1.807, 2.05) is 0 Å². The Morgan fingerprint density at radius 3 is 2.68 bits per heavy atom. The highest BCUT2D eigenvalue weighted by molar-refractivity contribution is 5.46. The first kappa shape index (κ1) is 14.6. The summed E-state index contributed by atoms with van der Waals surface area (Å²) in [5.74, 6) is 0.753. The Bertz CT molecular complexity index is 447. The van der Waals surface area contributed by atoms with Gasteiger partial charge in [0, 0.05) is 5.41 Å². The second kappa shape index (κ2) is 5.66. The monoisotopic (exact) mass is 260 g/mol. The SMILES string of the molecule is Cc1ccc2c(c1CCC(C)C)CCC[C@@]2(C)CO. The van der Waals surface area contributed by atoms with Crippen LogP contribution in [0.1, 0.15) is 62.3 Å². The van der Waals surface area contributed by atoms with Crippen LogP contribution in [0, 0.1) is 12.8 Å². The topological polar surface area (TPSA) is 20.2 Å². The molecule has 0 unspecified atom stereocenters. The van der Waals surface area contributed by atoms with Crippen LogP contribution in [0.15, 0.2) is 12.1 Å². The van der Waals surface area contributed by atoms with E-state index in [2.05, 4.69) is 39.8 Å². The van der Waals surface area contributed by atoms with Crippen molar-refractivity contribution < 1.29 is 5.11 Å². The van der Waals surface area contributed by atoms with E-state index in [-0.39, 0.29) is 12.0 Å². The zero-order chi connectivity index (χ0) is 14.0. The molecule has 0 saturated carbocycles. The molecular formula is C18H28O. The summed E-state index contributed by atoms with van der Waals surface area (Å²) in [6.07, 6.45) is 5.96. The van der Waals surface area contributed by atoms with E-state index in [1.54, 1.807) is 11.1 Å². The van der Waals surface area contributed by atoms with Crippen molar-refractivity contribution in [1.29, 1.82) is 0 Å². The van der Waals surface area contributed by atoms with Crippen molar-refractivity contribution in [1.82, 2.24) is 0 Å². The molecule has 1 atom stereocenters. The van der Waals surface area contributed by atoms with Gasteiger partial charge in [-0.2, -0.15) is 0 Å². The smallest absolute Gasteiger partial charge is 0.0525 e. The van der Waals surface area contributed by atoms with Gasteiger partial charge in [-0.1, -0.05) is 32.9 Å². The van der Waals surface area contributed by atoms with E-state index >= 15 is 0 Å². The number of aryl methyl sites for hydroxylation is 1. The lowest BCUT2D eigenvalue weighted by Gasteiger charge is -2.36. The summed E-state index contributed by atoms with van der Waals surface area (Å²) in [4.78, 5) is 0. The zero-order valence-electron chi connectivity index (χ0n) is 12.9. The van der Waals surface area contributed by atoms with E-state index in [0.717, 1.165) is 12.3 Å². The van der Waals surface area contributed by atoms with Crippen molar-refractivity contribution in [3.63, 3.8) is 0 Å². The van der Waals surface area contributed by atoms with E-state index < -0.39 is 0 Å². The largest absolute Gasteiger partial charge is 0.395 e. The molecule has 1 N–H and O–H groups in total. The average Bonchev–Trinajstić information content (AvgIpc) is 2.37. The number of hydrogen-bond donors (Lipinski definition) is 1. The predicted octanol–water partition coefficient (Wildman–Crippen LogP) is 4.17. The summed E-state index contributed by atoms with van der Waals surface area (Å²) in [5, 5.41) is 9.78. The van der Waals surface area contributed by atoms with Gasteiger partial charge in [0.2, 0.25) is 0 Å². The minimum absolute atomic E-state index is 0.0200. The number of benzene rings is 1. The predicted molar refractivity (Wildman–Crippen MR) is 81.7 cm³/mol. The Labute approximate surface area is 118 Å². The van der Waals surface area contributed by atoms with Crippen molar-refractivity contribution in [3.05, 3.63) is 34.4 Å². The Morgan fingerprint density at radius 2 is 2.05 bits per heavy atom. The van der Waals surface area contributed by atoms with Gasteiger partial charge in [-0.25, -0.2) is 0 Å². The molecule has 1 aromatic carbocycles. The normalized spacial score (nSPS) is 22.6. The molecule has 0 bridgehead atoms. The van der Waals surface area contributed by atoms with Crippen molar-refractivity contribution in [2.45, 2.75) is 65.2 Å². The van der Waals surface area contributed by atoms with E-state index in [4.69, 9.17) is 0 Å². The molecule has 0 aliphatic heterocycles. The summed E-state index contributed by atoms with van der Waals surface area (Å²) in [7, 11) is 0. The van der Waals surface area contributed by atoms with Crippen molar-refractivity contribution >= 4 is 0 Å². The molecule has 0 saturated heterocycles. The van der Waals surface area contributed by atoms with Crippen LogP contribution >= 0.6 is 0 Å². The molecule has 0 fully saturated rings. The molecular weight excluding hydrogens is 232 g/mol. The third-order valence-corrected chi connectivity index (χ3v) is 4.79. The molecule has 0 amide bonds. The fourth-order valence-electron chi connectivity index (χ4n) is 3.40. The highest BCUT2D eigenvalue weighted by atomic mass is 16.3. The van der Waals surface area contributed by atoms with Crippen LogP contribution in [0.2, 0.25) is 0 Å². The average molecular weight is 260 g/mol. The molecule has 1 aliphatic rings. The zero-order valence-corrected chi connectivity index (χ0v) is 12.9. The molecule has 1 nitrogen and oxygen atoms in total. The summed E-state index contributed by atoms with van der Waals surface area (Å²) in [6.45, 7) is 9.31. The second-order valence-corrected chi connectivity index (χ2v) is 6.89. The lowest BCUT2D eigenvalue weighted by atomic mass is 9.70. The fraction of sp³-hybridized carbons (Fsp3) is 0.667. The standard InChI is InChI=1S/C18H28O/c1-13(2)7-9-15-14(3)8-10-17-16(15)6-5-11-18(17,4)12-19/h8,10,13,19H,5-7,9,11-12H2,1-4H3/t18-/m0/s1. The highest BCUT2D eigenvalue weighted by Gasteiger charge is 2.32. The number of fused-ring (bicyclic) bond motifs is 1. The van der Waals surface area contributed by atoms with Gasteiger partial charge in [-0.3, -0.25) is 0 Å². The van der Waals surface area contributed by atoms with Crippen LogP contribution in [0.25, 0.3) is 0 Å². The van der Waals surface area contributed by atoms with Gasteiger partial charge in [-0.05, 0) is 67.2 Å². The first-order valence-electron chi connectivity index (χ1n) is 7.70. The lowest BCUT2D eigenvalue weighted by molar-refractivity contribution is 0.188. The maximum absolute atomic E-state index is 9.78. The summed E-state index contributed by atoms with van der Waals surface area (Å²) < 4.78 is 0. The van der Waals surface area contributed by atoms with Crippen LogP contribution in [-0.4, -0.2) is 11.7 Å². The molecule has 0 aromatic heterocycles. The Morgan fingerprint density at radius 1 is 1.32 bits per heavy atom. The van der Waals surface area contributed by atoms with Gasteiger partial charge in [0.15, 0.2) is 0 Å². The summed E-state index contributed by atoms with van der Waals surface area (Å²) >= 11 is 0. The fourth-order valence-corrected chi connectivity index (χ4v) is 3.40. The number of aliphatic hydroxyl groups is 1. The Balaban J connectivity index is 2.41. The van der Waals surface area contributed by atoms with Gasteiger partial charge < -0.3 is 5.11 Å². The van der Waals surface area contributed by atoms with Crippen molar-refractivity contribution in [2.75, 3.05) is 6.61 Å². The third-order valence-electron chi connectivity index (χ3n) is 4.79. The molecule has 19 heavy (non-hydrogen) atoms. The molecule has 106 valence electrons. The third kappa shape index (κ3) is 2.86. The second-order valence-electron chi connectivity index (χ2n) is 6.89. The number of hydrogen-bond acceptors (Lipinski definition) is 1. The van der Waals surface area contributed by atoms with Gasteiger partial charge in [-0.15, -0.1) is 0 Å². The van der Waals surface area contributed by atoms with E-state index in [9.17, 15) is 5.11 Å². The van der Waals surface area contributed by atoms with E-state index in [1.165, 1.54) is 36.8 Å². The molecule has 1 heteroatoms. The van der Waals surface area contributed by atoms with Crippen LogP contribution in [0.5, 0.6) is 0 Å². The molecule has 0 heterocycles. The van der Waals surface area contributed by atoms with Crippen LogP contribution in [0.3, 0.4) is 0 Å².